The van der Waals surface area contributed by atoms with Gasteiger partial charge >= 0.3 is 5.97 Å². The van der Waals surface area contributed by atoms with E-state index in [0.717, 1.165) is 44.2 Å². The number of hydrogen-bond acceptors (Lipinski definition) is 3. The molecule has 2 saturated heterocycles. The Kier molecular flexibility index (Phi) is 11.3. The van der Waals surface area contributed by atoms with Gasteiger partial charge in [-0.15, -0.1) is 0 Å². The standard InChI is InChI=1S/C18H25NO2.C16H25N/c20-18(21)17(15-9-5-2-6-10-15)19-12-11-16(13-19)14-7-3-1-4-8-14;1-14(16-10-12-17(2)13-11-16)8-9-15-6-4-3-5-7-15/h1,3-4,7-8,15-17H,2,5-6,9-13H2,(H,20,21);3-7,14,16H,8-13H2,1-2H3/t16-,17-;/m1./s1. The van der Waals surface area contributed by atoms with Crippen LogP contribution in [-0.4, -0.2) is 60.1 Å². The highest BCUT2D eigenvalue weighted by atomic mass is 16.4. The van der Waals surface area contributed by atoms with E-state index >= 15 is 0 Å². The molecule has 1 N–H and O–H groups in total. The number of likely N-dealkylation sites (tertiary alicyclic amines) is 2. The number of rotatable bonds is 8. The van der Waals surface area contributed by atoms with E-state index in [9.17, 15) is 9.90 Å². The SMILES string of the molecule is CC(CCc1ccccc1)C1CCN(C)CC1.O=C(O)[C@@H](C1CCCCC1)N1CC[C@@H](c2ccccc2)C1. The molecule has 38 heavy (non-hydrogen) atoms. The van der Waals surface area contributed by atoms with E-state index in [2.05, 4.69) is 78.4 Å². The van der Waals surface area contributed by atoms with Crippen LogP contribution in [0.25, 0.3) is 0 Å². The normalized spacial score (nSPS) is 23.4. The summed E-state index contributed by atoms with van der Waals surface area (Å²) in [5.41, 5.74) is 2.85. The van der Waals surface area contributed by atoms with E-state index in [4.69, 9.17) is 0 Å². The highest BCUT2D eigenvalue weighted by Gasteiger charge is 2.38. The molecule has 208 valence electrons. The lowest BCUT2D eigenvalue weighted by atomic mass is 9.82. The van der Waals surface area contributed by atoms with Crippen molar-refractivity contribution in [2.45, 2.75) is 83.1 Å². The second-order valence-corrected chi connectivity index (χ2v) is 12.2. The molecule has 2 aliphatic heterocycles. The first-order valence-corrected chi connectivity index (χ1v) is 15.3. The summed E-state index contributed by atoms with van der Waals surface area (Å²) in [6.45, 7) is 6.85. The Labute approximate surface area is 231 Å². The van der Waals surface area contributed by atoms with Crippen LogP contribution in [0.2, 0.25) is 0 Å². The van der Waals surface area contributed by atoms with Crippen molar-refractivity contribution in [1.29, 1.82) is 0 Å². The highest BCUT2D eigenvalue weighted by Crippen LogP contribution is 2.34. The molecule has 3 atom stereocenters. The van der Waals surface area contributed by atoms with Crippen molar-refractivity contribution >= 4 is 5.97 Å². The molecule has 1 saturated carbocycles. The van der Waals surface area contributed by atoms with Crippen LogP contribution in [-0.2, 0) is 11.2 Å². The molecule has 2 heterocycles. The zero-order chi connectivity index (χ0) is 26.7. The molecule has 4 heteroatoms. The van der Waals surface area contributed by atoms with E-state index < -0.39 is 5.97 Å². The smallest absolute Gasteiger partial charge is 0.321 e. The van der Waals surface area contributed by atoms with E-state index in [1.54, 1.807) is 0 Å². The summed E-state index contributed by atoms with van der Waals surface area (Å²) in [7, 11) is 2.24. The van der Waals surface area contributed by atoms with Crippen LogP contribution in [0.4, 0.5) is 0 Å². The van der Waals surface area contributed by atoms with Crippen molar-refractivity contribution in [3.63, 3.8) is 0 Å². The predicted molar refractivity (Wildman–Crippen MR) is 158 cm³/mol. The second kappa shape index (κ2) is 14.8. The summed E-state index contributed by atoms with van der Waals surface area (Å²) in [5, 5.41) is 9.70. The van der Waals surface area contributed by atoms with Gasteiger partial charge in [0, 0.05) is 6.54 Å². The number of hydrogen-bond donors (Lipinski definition) is 1. The quantitative estimate of drug-likeness (QED) is 0.405. The minimum Gasteiger partial charge on any atom is -0.480 e. The molecule has 1 aliphatic carbocycles. The van der Waals surface area contributed by atoms with Crippen LogP contribution in [0.3, 0.4) is 0 Å². The number of benzene rings is 2. The first-order valence-electron chi connectivity index (χ1n) is 15.3. The summed E-state index contributed by atoms with van der Waals surface area (Å²) >= 11 is 0. The molecular formula is C34H50N2O2. The van der Waals surface area contributed by atoms with Crippen LogP contribution in [0.1, 0.15) is 81.8 Å². The molecule has 0 bridgehead atoms. The zero-order valence-electron chi connectivity index (χ0n) is 23.8. The van der Waals surface area contributed by atoms with Crippen LogP contribution in [0.5, 0.6) is 0 Å². The summed E-state index contributed by atoms with van der Waals surface area (Å²) in [4.78, 5) is 16.5. The van der Waals surface area contributed by atoms with Gasteiger partial charge in [-0.2, -0.15) is 0 Å². The van der Waals surface area contributed by atoms with Crippen molar-refractivity contribution in [2.24, 2.45) is 17.8 Å². The Balaban J connectivity index is 0.000000181. The zero-order valence-corrected chi connectivity index (χ0v) is 23.8. The molecule has 3 fully saturated rings. The van der Waals surface area contributed by atoms with Crippen molar-refractivity contribution < 1.29 is 9.90 Å². The van der Waals surface area contributed by atoms with Crippen molar-refractivity contribution in [3.05, 3.63) is 71.8 Å². The van der Waals surface area contributed by atoms with Gasteiger partial charge in [0.05, 0.1) is 0 Å². The minimum atomic E-state index is -0.615. The van der Waals surface area contributed by atoms with Crippen LogP contribution < -0.4 is 0 Å². The third kappa shape index (κ3) is 8.41. The maximum Gasteiger partial charge on any atom is 0.321 e. The van der Waals surface area contributed by atoms with E-state index in [0.29, 0.717) is 11.8 Å². The Morgan fingerprint density at radius 3 is 2.11 bits per heavy atom. The van der Waals surface area contributed by atoms with Gasteiger partial charge in [0.25, 0.3) is 0 Å². The van der Waals surface area contributed by atoms with Gasteiger partial charge in [0.1, 0.15) is 6.04 Å². The number of aliphatic carboxylic acids is 1. The molecule has 3 aliphatic rings. The lowest BCUT2D eigenvalue weighted by molar-refractivity contribution is -0.145. The van der Waals surface area contributed by atoms with Crippen LogP contribution in [0.15, 0.2) is 60.7 Å². The Hall–Kier alpha value is -2.17. The fraction of sp³-hybridized carbons (Fsp3) is 0.618. The summed E-state index contributed by atoms with van der Waals surface area (Å²) < 4.78 is 0. The number of piperidine rings is 1. The highest BCUT2D eigenvalue weighted by molar-refractivity contribution is 5.74. The lowest BCUT2D eigenvalue weighted by Gasteiger charge is -2.33. The van der Waals surface area contributed by atoms with Gasteiger partial charge in [0.2, 0.25) is 0 Å². The summed E-state index contributed by atoms with van der Waals surface area (Å²) in [6.07, 6.45) is 12.3. The van der Waals surface area contributed by atoms with Crippen LogP contribution in [0, 0.1) is 17.8 Å². The first kappa shape index (κ1) is 28.8. The van der Waals surface area contributed by atoms with E-state index in [-0.39, 0.29) is 6.04 Å². The number of aryl methyl sites for hydroxylation is 1. The second-order valence-electron chi connectivity index (χ2n) is 12.2. The van der Waals surface area contributed by atoms with Crippen LogP contribution >= 0.6 is 0 Å². The number of carboxylic acids is 1. The van der Waals surface area contributed by atoms with E-state index in [1.807, 2.05) is 6.07 Å². The largest absolute Gasteiger partial charge is 0.480 e. The average molecular weight is 519 g/mol. The van der Waals surface area contributed by atoms with Gasteiger partial charge in [-0.05, 0) is 106 Å². The predicted octanol–water partition coefficient (Wildman–Crippen LogP) is 7.11. The van der Waals surface area contributed by atoms with Crippen molar-refractivity contribution in [1.82, 2.24) is 9.80 Å². The molecule has 0 amide bonds. The molecule has 2 aromatic carbocycles. The van der Waals surface area contributed by atoms with Gasteiger partial charge in [-0.1, -0.05) is 86.8 Å². The number of carbonyl (C=O) groups is 1. The first-order chi connectivity index (χ1) is 18.5. The van der Waals surface area contributed by atoms with Gasteiger partial charge in [-0.3, -0.25) is 9.69 Å². The van der Waals surface area contributed by atoms with E-state index in [1.165, 1.54) is 69.2 Å². The van der Waals surface area contributed by atoms with Gasteiger partial charge in [0.15, 0.2) is 0 Å². The molecule has 2 aromatic rings. The Morgan fingerprint density at radius 1 is 0.842 bits per heavy atom. The number of carboxylic acid groups (broad SMARTS) is 1. The Bertz CT molecular complexity index is 935. The summed E-state index contributed by atoms with van der Waals surface area (Å²) in [6, 6.07) is 21.2. The van der Waals surface area contributed by atoms with Gasteiger partial charge in [-0.25, -0.2) is 0 Å². The fourth-order valence-corrected chi connectivity index (χ4v) is 7.02. The van der Waals surface area contributed by atoms with Gasteiger partial charge < -0.3 is 10.0 Å². The molecule has 0 aromatic heterocycles. The monoisotopic (exact) mass is 518 g/mol. The molecule has 0 spiro atoms. The number of nitrogens with zero attached hydrogens (tertiary/aromatic N) is 2. The maximum absolute atomic E-state index is 11.8. The van der Waals surface area contributed by atoms with Crippen molar-refractivity contribution in [2.75, 3.05) is 33.2 Å². The third-order valence-corrected chi connectivity index (χ3v) is 9.53. The third-order valence-electron chi connectivity index (χ3n) is 9.53. The lowest BCUT2D eigenvalue weighted by Crippen LogP contribution is -2.45. The Morgan fingerprint density at radius 2 is 1.47 bits per heavy atom. The molecule has 1 unspecified atom stereocenters. The van der Waals surface area contributed by atoms with Crippen molar-refractivity contribution in [3.8, 4) is 0 Å². The molecule has 5 rings (SSSR count). The topological polar surface area (TPSA) is 43.8 Å². The maximum atomic E-state index is 11.8. The molecule has 0 radical (unpaired) electrons. The summed E-state index contributed by atoms with van der Waals surface area (Å²) in [5.74, 6) is 2.07. The molecular weight excluding hydrogens is 468 g/mol. The minimum absolute atomic E-state index is 0.265. The molecule has 4 nitrogen and oxygen atoms in total. The fourth-order valence-electron chi connectivity index (χ4n) is 7.02. The average Bonchev–Trinajstić information content (AvgIpc) is 3.44.